The van der Waals surface area contributed by atoms with Crippen LogP contribution < -0.4 is 25.0 Å². The van der Waals surface area contributed by atoms with Crippen LogP contribution in [0.25, 0.3) is 0 Å². The molecule has 2 N–H and O–H groups in total. The minimum absolute atomic E-state index is 0.543. The molecule has 1 aliphatic heterocycles. The summed E-state index contributed by atoms with van der Waals surface area (Å²) in [6.45, 7) is 5.41. The second-order valence-electron chi connectivity index (χ2n) is 6.64. The number of nitrogens with one attached hydrogen (secondary N) is 2. The second-order valence-corrected chi connectivity index (χ2v) is 6.64. The van der Waals surface area contributed by atoms with Gasteiger partial charge in [0.05, 0.1) is 26.9 Å². The molecule has 0 saturated carbocycles. The zero-order chi connectivity index (χ0) is 20.3. The van der Waals surface area contributed by atoms with E-state index in [4.69, 9.17) is 14.2 Å². The lowest BCUT2D eigenvalue weighted by atomic mass is 10.2. The van der Waals surface area contributed by atoms with Crippen molar-refractivity contribution < 1.29 is 14.2 Å². The normalized spacial score (nSPS) is 14.4. The van der Waals surface area contributed by atoms with Crippen LogP contribution in [0, 0.1) is 0 Å². The average molecular weight is 399 g/mol. The van der Waals surface area contributed by atoms with Crippen molar-refractivity contribution in [2.45, 2.75) is 6.54 Å². The Bertz CT molecular complexity index is 757. The van der Waals surface area contributed by atoms with Crippen molar-refractivity contribution in [3.63, 3.8) is 0 Å². The molecule has 1 saturated heterocycles. The molecule has 3 rings (SSSR count). The first-order valence-electron chi connectivity index (χ1n) is 9.91. The molecule has 156 valence electrons. The molecular formula is C22H30N4O3. The van der Waals surface area contributed by atoms with Crippen molar-refractivity contribution in [2.24, 2.45) is 4.99 Å². The van der Waals surface area contributed by atoms with Crippen LogP contribution in [-0.2, 0) is 11.3 Å². The lowest BCUT2D eigenvalue weighted by molar-refractivity contribution is 0.122. The Labute approximate surface area is 172 Å². The van der Waals surface area contributed by atoms with Crippen LogP contribution in [0.15, 0.2) is 53.5 Å². The van der Waals surface area contributed by atoms with Crippen molar-refractivity contribution in [3.8, 4) is 11.5 Å². The van der Waals surface area contributed by atoms with Crippen LogP contribution in [0.1, 0.15) is 5.56 Å². The third kappa shape index (κ3) is 6.57. The highest BCUT2D eigenvalue weighted by Crippen LogP contribution is 2.17. The van der Waals surface area contributed by atoms with Crippen molar-refractivity contribution in [1.82, 2.24) is 10.6 Å². The fourth-order valence-corrected chi connectivity index (χ4v) is 3.06. The van der Waals surface area contributed by atoms with Crippen LogP contribution in [0.3, 0.4) is 0 Å². The maximum Gasteiger partial charge on any atom is 0.191 e. The smallest absolute Gasteiger partial charge is 0.191 e. The third-order valence-corrected chi connectivity index (χ3v) is 4.72. The van der Waals surface area contributed by atoms with Crippen molar-refractivity contribution in [1.29, 1.82) is 0 Å². The number of aliphatic imine (C=N–C) groups is 1. The number of rotatable bonds is 8. The molecule has 0 amide bonds. The van der Waals surface area contributed by atoms with Gasteiger partial charge in [-0.1, -0.05) is 12.1 Å². The molecule has 2 aromatic carbocycles. The number of guanidine groups is 1. The summed E-state index contributed by atoms with van der Waals surface area (Å²) in [7, 11) is 3.41. The number of benzene rings is 2. The summed E-state index contributed by atoms with van der Waals surface area (Å²) in [5.41, 5.74) is 2.45. The minimum Gasteiger partial charge on any atom is -0.497 e. The van der Waals surface area contributed by atoms with E-state index in [1.54, 1.807) is 14.2 Å². The van der Waals surface area contributed by atoms with E-state index in [9.17, 15) is 0 Å². The quantitative estimate of drug-likeness (QED) is 0.404. The highest BCUT2D eigenvalue weighted by molar-refractivity contribution is 5.79. The van der Waals surface area contributed by atoms with Crippen LogP contribution in [0.4, 0.5) is 5.69 Å². The van der Waals surface area contributed by atoms with E-state index in [0.717, 1.165) is 43.8 Å². The minimum atomic E-state index is 0.543. The SMILES string of the molecule is CN=C(NCCOc1ccc(OC)cc1)NCc1ccc(N2CCOCC2)cc1. The molecule has 0 radical (unpaired) electrons. The largest absolute Gasteiger partial charge is 0.497 e. The van der Waals surface area contributed by atoms with E-state index < -0.39 is 0 Å². The first kappa shape index (κ1) is 20.8. The fraction of sp³-hybridized carbons (Fsp3) is 0.409. The van der Waals surface area contributed by atoms with Gasteiger partial charge in [-0.3, -0.25) is 4.99 Å². The molecule has 1 aliphatic rings. The molecule has 0 aliphatic carbocycles. The van der Waals surface area contributed by atoms with Crippen LogP contribution in [0.2, 0.25) is 0 Å². The molecule has 0 atom stereocenters. The highest BCUT2D eigenvalue weighted by atomic mass is 16.5. The number of hydrogen-bond acceptors (Lipinski definition) is 5. The molecule has 0 spiro atoms. The Balaban J connectivity index is 1.37. The molecule has 7 nitrogen and oxygen atoms in total. The first-order chi connectivity index (χ1) is 14.3. The van der Waals surface area contributed by atoms with Gasteiger partial charge in [0.15, 0.2) is 5.96 Å². The number of ether oxygens (including phenoxy) is 3. The van der Waals surface area contributed by atoms with Crippen molar-refractivity contribution in [2.75, 3.05) is 58.5 Å². The van der Waals surface area contributed by atoms with Gasteiger partial charge < -0.3 is 29.7 Å². The Morgan fingerprint density at radius 2 is 1.69 bits per heavy atom. The highest BCUT2D eigenvalue weighted by Gasteiger charge is 2.10. The van der Waals surface area contributed by atoms with Gasteiger partial charge in [-0.15, -0.1) is 0 Å². The standard InChI is InChI=1S/C22H30N4O3/c1-23-22(24-11-14-29-21-9-7-20(27-2)8-10-21)25-17-18-3-5-19(6-4-18)26-12-15-28-16-13-26/h3-10H,11-17H2,1-2H3,(H2,23,24,25). The van der Waals surface area contributed by atoms with E-state index >= 15 is 0 Å². The summed E-state index contributed by atoms with van der Waals surface area (Å²) in [5, 5.41) is 6.59. The number of morpholine rings is 1. The summed E-state index contributed by atoms with van der Waals surface area (Å²) >= 11 is 0. The summed E-state index contributed by atoms with van der Waals surface area (Å²) in [5.74, 6) is 2.38. The van der Waals surface area contributed by atoms with Gasteiger partial charge in [0, 0.05) is 32.4 Å². The van der Waals surface area contributed by atoms with Gasteiger partial charge in [-0.25, -0.2) is 0 Å². The monoisotopic (exact) mass is 398 g/mol. The predicted octanol–water partition coefficient (Wildman–Crippen LogP) is 2.28. The first-order valence-corrected chi connectivity index (χ1v) is 9.91. The molecule has 7 heteroatoms. The lowest BCUT2D eigenvalue weighted by Crippen LogP contribution is -2.39. The van der Waals surface area contributed by atoms with E-state index in [2.05, 4.69) is 44.8 Å². The van der Waals surface area contributed by atoms with E-state index in [1.807, 2.05) is 24.3 Å². The topological polar surface area (TPSA) is 67.4 Å². The maximum absolute atomic E-state index is 5.72. The molecule has 0 bridgehead atoms. The molecule has 0 aromatic heterocycles. The van der Waals surface area contributed by atoms with E-state index in [0.29, 0.717) is 19.7 Å². The Morgan fingerprint density at radius 1 is 1.00 bits per heavy atom. The Morgan fingerprint density at radius 3 is 2.34 bits per heavy atom. The molecule has 29 heavy (non-hydrogen) atoms. The molecule has 2 aromatic rings. The van der Waals surface area contributed by atoms with Gasteiger partial charge in [0.1, 0.15) is 18.1 Å². The van der Waals surface area contributed by atoms with Gasteiger partial charge in [-0.2, -0.15) is 0 Å². The van der Waals surface area contributed by atoms with Gasteiger partial charge >= 0.3 is 0 Å². The van der Waals surface area contributed by atoms with Gasteiger partial charge in [-0.05, 0) is 42.0 Å². The summed E-state index contributed by atoms with van der Waals surface area (Å²) in [4.78, 5) is 6.61. The van der Waals surface area contributed by atoms with Gasteiger partial charge in [0.25, 0.3) is 0 Å². The number of nitrogens with zero attached hydrogens (tertiary/aromatic N) is 2. The van der Waals surface area contributed by atoms with Crippen molar-refractivity contribution in [3.05, 3.63) is 54.1 Å². The maximum atomic E-state index is 5.72. The number of methoxy groups -OCH3 is 1. The van der Waals surface area contributed by atoms with Crippen LogP contribution in [-0.4, -0.2) is 59.6 Å². The van der Waals surface area contributed by atoms with E-state index in [-0.39, 0.29) is 0 Å². The zero-order valence-corrected chi connectivity index (χ0v) is 17.2. The predicted molar refractivity (Wildman–Crippen MR) is 116 cm³/mol. The zero-order valence-electron chi connectivity index (χ0n) is 17.2. The number of hydrogen-bond donors (Lipinski definition) is 2. The molecular weight excluding hydrogens is 368 g/mol. The van der Waals surface area contributed by atoms with Crippen LogP contribution >= 0.6 is 0 Å². The molecule has 1 heterocycles. The summed E-state index contributed by atoms with van der Waals surface area (Å²) in [6, 6.07) is 16.2. The van der Waals surface area contributed by atoms with E-state index in [1.165, 1.54) is 11.3 Å². The van der Waals surface area contributed by atoms with Crippen LogP contribution in [0.5, 0.6) is 11.5 Å². The molecule has 0 unspecified atom stereocenters. The number of anilines is 1. The van der Waals surface area contributed by atoms with Gasteiger partial charge in [0.2, 0.25) is 0 Å². The second kappa shape index (κ2) is 11.2. The Kier molecular flexibility index (Phi) is 8.01. The lowest BCUT2D eigenvalue weighted by Gasteiger charge is -2.28. The molecule has 1 fully saturated rings. The Hall–Kier alpha value is -2.93. The fourth-order valence-electron chi connectivity index (χ4n) is 3.06. The summed E-state index contributed by atoms with van der Waals surface area (Å²) < 4.78 is 16.3. The summed E-state index contributed by atoms with van der Waals surface area (Å²) in [6.07, 6.45) is 0. The average Bonchev–Trinajstić information content (AvgIpc) is 2.80. The van der Waals surface area contributed by atoms with Crippen molar-refractivity contribution >= 4 is 11.6 Å². The third-order valence-electron chi connectivity index (χ3n) is 4.72.